The zero-order valence-electron chi connectivity index (χ0n) is 19.2. The van der Waals surface area contributed by atoms with Crippen molar-refractivity contribution in [2.75, 3.05) is 6.79 Å². The lowest BCUT2D eigenvalue weighted by atomic mass is 10.2. The molecule has 0 aliphatic carbocycles. The monoisotopic (exact) mass is 455 g/mol. The van der Waals surface area contributed by atoms with E-state index in [1.54, 1.807) is 4.57 Å². The Morgan fingerprint density at radius 3 is 2.53 bits per heavy atom. The summed E-state index contributed by atoms with van der Waals surface area (Å²) < 4.78 is 14.8. The number of ether oxygens (including phenoxy) is 2. The number of unbranched alkanes of at least 4 members (excludes halogenated alkanes) is 3. The highest BCUT2D eigenvalue weighted by Gasteiger charge is 2.23. The summed E-state index contributed by atoms with van der Waals surface area (Å²) in [5, 5.41) is 0.493. The van der Waals surface area contributed by atoms with Gasteiger partial charge in [0.15, 0.2) is 22.8 Å². The van der Waals surface area contributed by atoms with Gasteiger partial charge in [-0.25, -0.2) is 15.0 Å². The van der Waals surface area contributed by atoms with Crippen LogP contribution in [-0.4, -0.2) is 30.9 Å². The Morgan fingerprint density at radius 1 is 0.912 bits per heavy atom. The van der Waals surface area contributed by atoms with Gasteiger partial charge >= 0.3 is 0 Å². The standard InChI is InChI=1S/C26H25N5O3/c1-3-4-5-8-13-30-16(2)27-24-22(26(30)32)23-25(29-19-10-7-6-9-18(19)28-23)31(24)17-11-12-20-21(14-17)34-15-33-20/h6-7,9-12,14H,3-5,8,13,15H2,1-2H3. The summed E-state index contributed by atoms with van der Waals surface area (Å²) in [7, 11) is 0. The third-order valence-electron chi connectivity index (χ3n) is 6.40. The lowest BCUT2D eigenvalue weighted by Gasteiger charge is -2.11. The summed E-state index contributed by atoms with van der Waals surface area (Å²) in [6, 6.07) is 13.4. The molecular weight excluding hydrogens is 430 g/mol. The molecule has 0 atom stereocenters. The van der Waals surface area contributed by atoms with Crippen LogP contribution in [0.4, 0.5) is 0 Å². The average Bonchev–Trinajstić information content (AvgIpc) is 3.43. The fourth-order valence-electron chi connectivity index (χ4n) is 4.66. The van der Waals surface area contributed by atoms with Crippen molar-refractivity contribution in [3.63, 3.8) is 0 Å². The van der Waals surface area contributed by atoms with E-state index in [1.165, 1.54) is 0 Å². The molecule has 2 aromatic carbocycles. The molecule has 0 radical (unpaired) electrons. The maximum Gasteiger partial charge on any atom is 0.265 e. The largest absolute Gasteiger partial charge is 0.454 e. The molecule has 34 heavy (non-hydrogen) atoms. The number of fused-ring (bicyclic) bond motifs is 5. The van der Waals surface area contributed by atoms with Crippen molar-refractivity contribution in [1.29, 1.82) is 0 Å². The van der Waals surface area contributed by atoms with Crippen molar-refractivity contribution >= 4 is 33.2 Å². The van der Waals surface area contributed by atoms with Gasteiger partial charge in [-0.15, -0.1) is 0 Å². The second kappa shape index (κ2) is 8.13. The van der Waals surface area contributed by atoms with E-state index in [0.717, 1.165) is 42.4 Å². The molecule has 0 amide bonds. The van der Waals surface area contributed by atoms with E-state index in [0.29, 0.717) is 46.1 Å². The van der Waals surface area contributed by atoms with Crippen molar-refractivity contribution in [2.24, 2.45) is 0 Å². The van der Waals surface area contributed by atoms with Gasteiger partial charge in [0, 0.05) is 12.6 Å². The molecule has 0 unspecified atom stereocenters. The molecule has 0 fully saturated rings. The van der Waals surface area contributed by atoms with E-state index in [9.17, 15) is 4.79 Å². The van der Waals surface area contributed by atoms with Crippen LogP contribution < -0.4 is 15.0 Å². The van der Waals surface area contributed by atoms with Gasteiger partial charge in [0.2, 0.25) is 6.79 Å². The van der Waals surface area contributed by atoms with E-state index in [2.05, 4.69) is 6.92 Å². The summed E-state index contributed by atoms with van der Waals surface area (Å²) in [6.45, 7) is 4.90. The first kappa shape index (κ1) is 20.7. The van der Waals surface area contributed by atoms with Crippen molar-refractivity contribution in [3.8, 4) is 17.2 Å². The molecule has 8 nitrogen and oxygen atoms in total. The van der Waals surface area contributed by atoms with Crippen LogP contribution >= 0.6 is 0 Å². The number of para-hydroxylation sites is 2. The predicted octanol–water partition coefficient (Wildman–Crippen LogP) is 4.90. The zero-order valence-corrected chi connectivity index (χ0v) is 19.2. The molecule has 3 aromatic heterocycles. The zero-order chi connectivity index (χ0) is 23.2. The molecule has 172 valence electrons. The normalized spacial score (nSPS) is 12.9. The van der Waals surface area contributed by atoms with Gasteiger partial charge in [-0.3, -0.25) is 13.9 Å². The number of hydrogen-bond donors (Lipinski definition) is 0. The first-order valence-corrected chi connectivity index (χ1v) is 11.7. The van der Waals surface area contributed by atoms with Crippen LogP contribution in [0.1, 0.15) is 38.4 Å². The molecule has 1 aliphatic heterocycles. The molecule has 1 aliphatic rings. The summed E-state index contributed by atoms with van der Waals surface area (Å²) in [5.41, 5.74) is 3.93. The topological polar surface area (TPSA) is 84.1 Å². The van der Waals surface area contributed by atoms with Crippen molar-refractivity contribution in [2.45, 2.75) is 46.1 Å². The lowest BCUT2D eigenvalue weighted by molar-refractivity contribution is 0.174. The van der Waals surface area contributed by atoms with Crippen molar-refractivity contribution in [3.05, 3.63) is 58.6 Å². The summed E-state index contributed by atoms with van der Waals surface area (Å²) >= 11 is 0. The van der Waals surface area contributed by atoms with E-state index in [4.69, 9.17) is 24.4 Å². The highest BCUT2D eigenvalue weighted by atomic mass is 16.7. The second-order valence-electron chi connectivity index (χ2n) is 8.63. The Kier molecular flexibility index (Phi) is 4.94. The van der Waals surface area contributed by atoms with Gasteiger partial charge in [-0.2, -0.15) is 0 Å². The molecule has 0 saturated carbocycles. The maximum absolute atomic E-state index is 13.8. The Labute approximate surface area is 195 Å². The van der Waals surface area contributed by atoms with Gasteiger partial charge < -0.3 is 9.47 Å². The number of aromatic nitrogens is 5. The molecule has 0 saturated heterocycles. The Hall–Kier alpha value is -3.94. The third kappa shape index (κ3) is 3.21. The molecule has 8 heteroatoms. The van der Waals surface area contributed by atoms with E-state index in [1.807, 2.05) is 54.0 Å². The fraction of sp³-hybridized carbons (Fsp3) is 0.308. The number of hydrogen-bond acceptors (Lipinski definition) is 6. The number of nitrogens with zero attached hydrogens (tertiary/aromatic N) is 5. The molecular formula is C26H25N5O3. The molecule has 5 aromatic rings. The quantitative estimate of drug-likeness (QED) is 0.339. The smallest absolute Gasteiger partial charge is 0.265 e. The molecule has 4 heterocycles. The van der Waals surface area contributed by atoms with E-state index < -0.39 is 0 Å². The summed E-state index contributed by atoms with van der Waals surface area (Å²) in [6.07, 6.45) is 4.34. The van der Waals surface area contributed by atoms with Gasteiger partial charge in [-0.1, -0.05) is 38.3 Å². The number of benzene rings is 2. The predicted molar refractivity (Wildman–Crippen MR) is 131 cm³/mol. The van der Waals surface area contributed by atoms with Crippen LogP contribution in [-0.2, 0) is 6.54 Å². The van der Waals surface area contributed by atoms with Crippen molar-refractivity contribution < 1.29 is 9.47 Å². The Balaban J connectivity index is 1.65. The van der Waals surface area contributed by atoms with Crippen LogP contribution in [0.15, 0.2) is 47.3 Å². The van der Waals surface area contributed by atoms with Crippen LogP contribution in [0.2, 0.25) is 0 Å². The fourth-order valence-corrected chi connectivity index (χ4v) is 4.66. The Morgan fingerprint density at radius 2 is 1.71 bits per heavy atom. The first-order valence-electron chi connectivity index (χ1n) is 11.7. The molecule has 6 rings (SSSR count). The first-order chi connectivity index (χ1) is 16.7. The minimum Gasteiger partial charge on any atom is -0.454 e. The highest BCUT2D eigenvalue weighted by molar-refractivity contribution is 6.05. The number of rotatable bonds is 6. The number of aryl methyl sites for hydroxylation is 1. The molecule has 0 N–H and O–H groups in total. The molecule has 0 bridgehead atoms. The third-order valence-corrected chi connectivity index (χ3v) is 6.40. The van der Waals surface area contributed by atoms with Crippen LogP contribution in [0.5, 0.6) is 11.5 Å². The molecule has 0 spiro atoms. The van der Waals surface area contributed by atoms with Gasteiger partial charge in [-0.05, 0) is 37.6 Å². The summed E-state index contributed by atoms with van der Waals surface area (Å²) in [5.74, 6) is 2.03. The highest BCUT2D eigenvalue weighted by Crippen LogP contribution is 2.36. The van der Waals surface area contributed by atoms with Gasteiger partial charge in [0.1, 0.15) is 16.7 Å². The van der Waals surface area contributed by atoms with E-state index >= 15 is 0 Å². The van der Waals surface area contributed by atoms with Crippen molar-refractivity contribution in [1.82, 2.24) is 24.1 Å². The van der Waals surface area contributed by atoms with E-state index in [-0.39, 0.29) is 12.4 Å². The minimum absolute atomic E-state index is 0.0759. The minimum atomic E-state index is -0.0759. The van der Waals surface area contributed by atoms with Gasteiger partial charge in [0.25, 0.3) is 5.56 Å². The average molecular weight is 456 g/mol. The van der Waals surface area contributed by atoms with Gasteiger partial charge in [0.05, 0.1) is 16.7 Å². The SMILES string of the molecule is CCCCCCn1c(C)nc2c(c1=O)c1nc3ccccc3nc1n2-c1ccc2c(c1)OCO2. The van der Waals surface area contributed by atoms with Crippen LogP contribution in [0.25, 0.3) is 38.9 Å². The lowest BCUT2D eigenvalue weighted by Crippen LogP contribution is -2.24. The maximum atomic E-state index is 13.8. The van der Waals surface area contributed by atoms with Crippen LogP contribution in [0, 0.1) is 6.92 Å². The second-order valence-corrected chi connectivity index (χ2v) is 8.63. The summed E-state index contributed by atoms with van der Waals surface area (Å²) in [4.78, 5) is 28.5. The van der Waals surface area contributed by atoms with Crippen LogP contribution in [0.3, 0.4) is 0 Å². The Bertz CT molecular complexity index is 1620.